The molecule has 1 atom stereocenters. The van der Waals surface area contributed by atoms with E-state index in [4.69, 9.17) is 16.3 Å². The van der Waals surface area contributed by atoms with E-state index >= 15 is 0 Å². The first-order chi connectivity index (χ1) is 6.52. The van der Waals surface area contributed by atoms with Crippen molar-refractivity contribution < 1.29 is 14.7 Å². The molecule has 0 amide bonds. The molecule has 1 rings (SSSR count). The Morgan fingerprint density at radius 3 is 3.00 bits per heavy atom. The second kappa shape index (κ2) is 4.02. The maximum Gasteiger partial charge on any atom is 0.354 e. The van der Waals surface area contributed by atoms with Gasteiger partial charge in [0.1, 0.15) is 0 Å². The SMILES string of the molecule is CCOC(=O)C1(Cl)C=CC=C(C)N1O. The quantitative estimate of drug-likeness (QED) is 0.434. The number of hydrogen-bond acceptors (Lipinski definition) is 4. The summed E-state index contributed by atoms with van der Waals surface area (Å²) in [6, 6.07) is 0. The first-order valence-corrected chi connectivity index (χ1v) is 4.61. The van der Waals surface area contributed by atoms with Crippen LogP contribution in [0.5, 0.6) is 0 Å². The summed E-state index contributed by atoms with van der Waals surface area (Å²) in [6.07, 6.45) is 4.62. The minimum atomic E-state index is -1.63. The number of carbonyl (C=O) groups is 1. The van der Waals surface area contributed by atoms with Crippen molar-refractivity contribution in [2.75, 3.05) is 6.61 Å². The number of hydrogen-bond donors (Lipinski definition) is 1. The van der Waals surface area contributed by atoms with E-state index in [2.05, 4.69) is 0 Å². The normalized spacial score (nSPS) is 26.0. The van der Waals surface area contributed by atoms with E-state index in [0.29, 0.717) is 10.8 Å². The fourth-order valence-corrected chi connectivity index (χ4v) is 1.36. The van der Waals surface area contributed by atoms with Crippen LogP contribution < -0.4 is 0 Å². The Morgan fingerprint density at radius 2 is 2.43 bits per heavy atom. The maximum atomic E-state index is 11.4. The predicted octanol–water partition coefficient (Wildman–Crippen LogP) is 1.65. The van der Waals surface area contributed by atoms with Gasteiger partial charge >= 0.3 is 5.97 Å². The molecule has 0 aliphatic carbocycles. The van der Waals surface area contributed by atoms with Crippen LogP contribution in [0.4, 0.5) is 0 Å². The lowest BCUT2D eigenvalue weighted by atomic mass is 10.1. The van der Waals surface area contributed by atoms with Crippen molar-refractivity contribution in [3.05, 3.63) is 23.9 Å². The molecule has 0 radical (unpaired) electrons. The third-order valence-corrected chi connectivity index (χ3v) is 2.30. The highest BCUT2D eigenvalue weighted by atomic mass is 35.5. The molecular formula is C9H12ClNO3. The van der Waals surface area contributed by atoms with Gasteiger partial charge in [-0.05, 0) is 26.0 Å². The fraction of sp³-hybridized carbons (Fsp3) is 0.444. The minimum absolute atomic E-state index is 0.220. The molecule has 0 spiro atoms. The zero-order valence-electron chi connectivity index (χ0n) is 8.03. The van der Waals surface area contributed by atoms with Gasteiger partial charge < -0.3 is 4.74 Å². The molecule has 0 fully saturated rings. The van der Waals surface area contributed by atoms with Gasteiger partial charge in [0, 0.05) is 5.70 Å². The molecule has 5 heteroatoms. The van der Waals surface area contributed by atoms with E-state index in [1.54, 1.807) is 26.0 Å². The molecule has 1 aliphatic rings. The number of alkyl halides is 1. The Bertz CT molecular complexity index is 300. The lowest BCUT2D eigenvalue weighted by molar-refractivity contribution is -0.167. The average Bonchev–Trinajstić information content (AvgIpc) is 2.14. The van der Waals surface area contributed by atoms with Crippen molar-refractivity contribution in [1.29, 1.82) is 0 Å². The highest BCUT2D eigenvalue weighted by Gasteiger charge is 2.42. The molecule has 1 aliphatic heterocycles. The van der Waals surface area contributed by atoms with Crippen LogP contribution in [0, 0.1) is 0 Å². The number of halogens is 1. The number of hydroxylamine groups is 2. The van der Waals surface area contributed by atoms with Crippen molar-refractivity contribution >= 4 is 17.6 Å². The smallest absolute Gasteiger partial charge is 0.354 e. The molecule has 78 valence electrons. The summed E-state index contributed by atoms with van der Waals surface area (Å²) in [4.78, 5) is 9.81. The van der Waals surface area contributed by atoms with Crippen LogP contribution in [0.3, 0.4) is 0 Å². The van der Waals surface area contributed by atoms with E-state index in [9.17, 15) is 10.0 Å². The zero-order chi connectivity index (χ0) is 10.8. The first kappa shape index (κ1) is 11.1. The van der Waals surface area contributed by atoms with Crippen LogP contribution in [-0.4, -0.2) is 27.8 Å². The monoisotopic (exact) mass is 217 g/mol. The molecule has 14 heavy (non-hydrogen) atoms. The summed E-state index contributed by atoms with van der Waals surface area (Å²) in [7, 11) is 0. The molecule has 0 saturated heterocycles. The Kier molecular flexibility index (Phi) is 3.18. The van der Waals surface area contributed by atoms with Gasteiger partial charge in [0.2, 0.25) is 0 Å². The molecule has 1 unspecified atom stereocenters. The van der Waals surface area contributed by atoms with Gasteiger partial charge in [0.25, 0.3) is 5.00 Å². The van der Waals surface area contributed by atoms with Gasteiger partial charge in [-0.1, -0.05) is 17.7 Å². The van der Waals surface area contributed by atoms with E-state index in [1.807, 2.05) is 0 Å². The number of carbonyl (C=O) groups excluding carboxylic acids is 1. The molecule has 1 N–H and O–H groups in total. The highest BCUT2D eigenvalue weighted by Crippen LogP contribution is 2.29. The number of rotatable bonds is 2. The van der Waals surface area contributed by atoms with Crippen molar-refractivity contribution in [2.45, 2.75) is 18.8 Å². The van der Waals surface area contributed by atoms with Gasteiger partial charge in [-0.2, -0.15) is 0 Å². The Hall–Kier alpha value is -1.00. The Morgan fingerprint density at radius 1 is 1.79 bits per heavy atom. The molecule has 1 heterocycles. The molecule has 0 aromatic rings. The fourth-order valence-electron chi connectivity index (χ4n) is 1.10. The predicted molar refractivity (Wildman–Crippen MR) is 51.7 cm³/mol. The standard InChI is InChI=1S/C9H12ClNO3/c1-3-14-8(12)9(10)6-4-5-7(2)11(9)13/h4-6,13H,3H2,1-2H3. The van der Waals surface area contributed by atoms with Crippen molar-refractivity contribution in [1.82, 2.24) is 5.06 Å². The summed E-state index contributed by atoms with van der Waals surface area (Å²) in [5.41, 5.74) is 0.482. The Labute approximate surface area is 87.4 Å². The van der Waals surface area contributed by atoms with Gasteiger partial charge in [-0.3, -0.25) is 5.21 Å². The zero-order valence-corrected chi connectivity index (χ0v) is 8.78. The van der Waals surface area contributed by atoms with Gasteiger partial charge in [0.15, 0.2) is 0 Å². The molecule has 0 bridgehead atoms. The second-order valence-electron chi connectivity index (χ2n) is 2.87. The van der Waals surface area contributed by atoms with E-state index in [-0.39, 0.29) is 6.61 Å². The van der Waals surface area contributed by atoms with Crippen LogP contribution in [0.15, 0.2) is 23.9 Å². The molecular weight excluding hydrogens is 206 g/mol. The summed E-state index contributed by atoms with van der Waals surface area (Å²) < 4.78 is 4.75. The lowest BCUT2D eigenvalue weighted by Gasteiger charge is -2.33. The Balaban J connectivity index is 2.90. The molecule has 4 nitrogen and oxygen atoms in total. The van der Waals surface area contributed by atoms with Crippen LogP contribution in [0.25, 0.3) is 0 Å². The minimum Gasteiger partial charge on any atom is -0.463 e. The first-order valence-electron chi connectivity index (χ1n) is 4.23. The van der Waals surface area contributed by atoms with Crippen LogP contribution in [0.2, 0.25) is 0 Å². The molecule has 0 saturated carbocycles. The summed E-state index contributed by atoms with van der Waals surface area (Å²) in [6.45, 7) is 3.53. The topological polar surface area (TPSA) is 49.8 Å². The van der Waals surface area contributed by atoms with Crippen LogP contribution >= 0.6 is 11.6 Å². The second-order valence-corrected chi connectivity index (χ2v) is 3.45. The van der Waals surface area contributed by atoms with Crippen molar-refractivity contribution in [2.24, 2.45) is 0 Å². The van der Waals surface area contributed by atoms with Gasteiger partial charge in [0.05, 0.1) is 6.61 Å². The largest absolute Gasteiger partial charge is 0.463 e. The summed E-state index contributed by atoms with van der Waals surface area (Å²) in [5, 5.41) is 10.3. The van der Waals surface area contributed by atoms with E-state index in [0.717, 1.165) is 0 Å². The number of allylic oxidation sites excluding steroid dienone is 3. The number of esters is 1. The average molecular weight is 218 g/mol. The van der Waals surface area contributed by atoms with E-state index in [1.165, 1.54) is 6.08 Å². The van der Waals surface area contributed by atoms with Crippen molar-refractivity contribution in [3.63, 3.8) is 0 Å². The third-order valence-electron chi connectivity index (χ3n) is 1.86. The summed E-state index contributed by atoms with van der Waals surface area (Å²) >= 11 is 5.92. The van der Waals surface area contributed by atoms with Crippen molar-refractivity contribution in [3.8, 4) is 0 Å². The van der Waals surface area contributed by atoms with Crippen LogP contribution in [0.1, 0.15) is 13.8 Å². The number of ether oxygens (including phenoxy) is 1. The molecule has 0 aromatic carbocycles. The summed E-state index contributed by atoms with van der Waals surface area (Å²) in [5.74, 6) is -0.687. The van der Waals surface area contributed by atoms with Gasteiger partial charge in [-0.15, -0.1) is 0 Å². The maximum absolute atomic E-state index is 11.4. The highest BCUT2D eigenvalue weighted by molar-refractivity contribution is 6.35. The lowest BCUT2D eigenvalue weighted by Crippen LogP contribution is -2.48. The molecule has 0 aromatic heterocycles. The van der Waals surface area contributed by atoms with E-state index < -0.39 is 11.0 Å². The third kappa shape index (κ3) is 1.76. The van der Waals surface area contributed by atoms with Gasteiger partial charge in [-0.25, -0.2) is 9.86 Å². The number of nitrogens with zero attached hydrogens (tertiary/aromatic N) is 1. The van der Waals surface area contributed by atoms with Crippen LogP contribution in [-0.2, 0) is 9.53 Å².